The summed E-state index contributed by atoms with van der Waals surface area (Å²) < 4.78 is 91.2. The zero-order valence-electron chi connectivity index (χ0n) is 12.6. The zero-order valence-corrected chi connectivity index (χ0v) is 13.4. The third kappa shape index (κ3) is 3.00. The van der Waals surface area contributed by atoms with Crippen LogP contribution in [-0.4, -0.2) is 21.2 Å². The van der Waals surface area contributed by atoms with Crippen molar-refractivity contribution < 1.29 is 30.7 Å². The SMILES string of the molecule is Cn1c(C(F)(F)C(F)(F)C(F)(F)F)cc(=O)n(-c2ccc(Cl)cc2)c1=O. The first kappa shape index (κ1) is 20.0. The van der Waals surface area contributed by atoms with E-state index < -0.39 is 35.0 Å². The van der Waals surface area contributed by atoms with Gasteiger partial charge in [-0.3, -0.25) is 9.36 Å². The second kappa shape index (κ2) is 6.15. The van der Waals surface area contributed by atoms with Crippen LogP contribution in [0, 0.1) is 0 Å². The second-order valence-corrected chi connectivity index (χ2v) is 5.60. The van der Waals surface area contributed by atoms with Gasteiger partial charge in [-0.2, -0.15) is 30.7 Å². The molecule has 0 fully saturated rings. The van der Waals surface area contributed by atoms with E-state index in [4.69, 9.17) is 11.6 Å². The van der Waals surface area contributed by atoms with Gasteiger partial charge in [0.15, 0.2) is 0 Å². The van der Waals surface area contributed by atoms with Gasteiger partial charge in [0.25, 0.3) is 5.56 Å². The number of rotatable bonds is 3. The van der Waals surface area contributed by atoms with Crippen molar-refractivity contribution in [2.75, 3.05) is 0 Å². The predicted octanol–water partition coefficient (Wildman–Crippen LogP) is 3.48. The first-order valence-corrected chi connectivity index (χ1v) is 7.01. The molecule has 2 rings (SSSR count). The molecule has 2 aromatic rings. The summed E-state index contributed by atoms with van der Waals surface area (Å²) in [4.78, 5) is 24.1. The van der Waals surface area contributed by atoms with Gasteiger partial charge in [-0.05, 0) is 24.3 Å². The largest absolute Gasteiger partial charge is 0.460 e. The van der Waals surface area contributed by atoms with Gasteiger partial charge in [-0.1, -0.05) is 11.6 Å². The fraction of sp³-hybridized carbons (Fsp3) is 0.286. The summed E-state index contributed by atoms with van der Waals surface area (Å²) in [5.41, 5.74) is -5.26. The van der Waals surface area contributed by atoms with Crippen molar-refractivity contribution >= 4 is 11.6 Å². The molecule has 0 radical (unpaired) electrons. The van der Waals surface area contributed by atoms with Crippen LogP contribution in [0.3, 0.4) is 0 Å². The smallest absolute Gasteiger partial charge is 0.294 e. The molecule has 0 saturated carbocycles. The van der Waals surface area contributed by atoms with Crippen molar-refractivity contribution in [1.29, 1.82) is 0 Å². The van der Waals surface area contributed by atoms with Crippen molar-refractivity contribution in [3.8, 4) is 5.69 Å². The number of benzene rings is 1. The Morgan fingerprint density at radius 1 is 0.923 bits per heavy atom. The normalized spacial score (nSPS) is 13.1. The molecule has 0 N–H and O–H groups in total. The van der Waals surface area contributed by atoms with Crippen LogP contribution in [-0.2, 0) is 13.0 Å². The first-order chi connectivity index (χ1) is 11.7. The lowest BCUT2D eigenvalue weighted by molar-refractivity contribution is -0.361. The monoisotopic (exact) mass is 404 g/mol. The van der Waals surface area contributed by atoms with E-state index >= 15 is 0 Å². The van der Waals surface area contributed by atoms with Crippen LogP contribution < -0.4 is 11.2 Å². The molecular formula is C14H8ClF7N2O2. The van der Waals surface area contributed by atoms with Gasteiger partial charge in [0.1, 0.15) is 5.69 Å². The number of aromatic nitrogens is 2. The molecule has 1 heterocycles. The average Bonchev–Trinajstić information content (AvgIpc) is 2.51. The van der Waals surface area contributed by atoms with Crippen LogP contribution in [0.2, 0.25) is 5.02 Å². The minimum absolute atomic E-state index is 0.141. The maximum Gasteiger partial charge on any atom is 0.460 e. The Morgan fingerprint density at radius 2 is 1.42 bits per heavy atom. The molecule has 1 aromatic carbocycles. The molecule has 0 unspecified atom stereocenters. The summed E-state index contributed by atoms with van der Waals surface area (Å²) in [5.74, 6) is -12.3. The van der Waals surface area contributed by atoms with Crippen LogP contribution in [0.25, 0.3) is 5.69 Å². The number of halogens is 8. The summed E-state index contributed by atoms with van der Waals surface area (Å²) in [6.45, 7) is 0. The molecule has 26 heavy (non-hydrogen) atoms. The van der Waals surface area contributed by atoms with Gasteiger partial charge in [0.05, 0.1) is 5.69 Å². The van der Waals surface area contributed by atoms with Crippen LogP contribution in [0.1, 0.15) is 5.69 Å². The van der Waals surface area contributed by atoms with E-state index in [2.05, 4.69) is 0 Å². The van der Waals surface area contributed by atoms with Crippen LogP contribution in [0.5, 0.6) is 0 Å². The first-order valence-electron chi connectivity index (χ1n) is 6.63. The van der Waals surface area contributed by atoms with Crippen molar-refractivity contribution in [2.24, 2.45) is 7.05 Å². The van der Waals surface area contributed by atoms with Crippen molar-refractivity contribution in [3.05, 3.63) is 61.9 Å². The maximum absolute atomic E-state index is 13.8. The molecule has 0 atom stereocenters. The Bertz CT molecular complexity index is 946. The fourth-order valence-electron chi connectivity index (χ4n) is 2.09. The Labute approximate surface area is 145 Å². The summed E-state index contributed by atoms with van der Waals surface area (Å²) in [6.07, 6.45) is -6.60. The van der Waals surface area contributed by atoms with E-state index in [1.165, 1.54) is 12.1 Å². The van der Waals surface area contributed by atoms with E-state index in [0.29, 0.717) is 11.6 Å². The van der Waals surface area contributed by atoms with Crippen LogP contribution in [0.15, 0.2) is 39.9 Å². The van der Waals surface area contributed by atoms with Gasteiger partial charge in [-0.25, -0.2) is 9.36 Å². The van der Waals surface area contributed by atoms with Crippen LogP contribution >= 0.6 is 11.6 Å². The number of nitrogens with zero attached hydrogens (tertiary/aromatic N) is 2. The Balaban J connectivity index is 2.74. The van der Waals surface area contributed by atoms with E-state index in [-0.39, 0.29) is 21.3 Å². The average molecular weight is 405 g/mol. The lowest BCUT2D eigenvalue weighted by atomic mass is 10.1. The van der Waals surface area contributed by atoms with Gasteiger partial charge in [0.2, 0.25) is 0 Å². The molecule has 0 saturated heterocycles. The summed E-state index contributed by atoms with van der Waals surface area (Å²) in [7, 11) is 0.546. The standard InChI is InChI=1S/C14H8ClF7N2O2/c1-23-9(12(16,17)13(18,19)14(20,21)22)6-10(25)24(11(23)26)8-4-2-7(15)3-5-8/h2-6H,1H3. The van der Waals surface area contributed by atoms with E-state index in [9.17, 15) is 40.3 Å². The van der Waals surface area contributed by atoms with E-state index in [1.807, 2.05) is 0 Å². The Kier molecular flexibility index (Phi) is 4.73. The third-order valence-corrected chi connectivity index (χ3v) is 3.73. The molecule has 0 aliphatic carbocycles. The highest BCUT2D eigenvalue weighted by atomic mass is 35.5. The summed E-state index contributed by atoms with van der Waals surface area (Å²) in [6, 6.07) is 4.68. The fourth-order valence-corrected chi connectivity index (χ4v) is 2.22. The van der Waals surface area contributed by atoms with Crippen molar-refractivity contribution in [1.82, 2.24) is 9.13 Å². The molecule has 142 valence electrons. The van der Waals surface area contributed by atoms with E-state index in [0.717, 1.165) is 12.1 Å². The number of hydrogen-bond donors (Lipinski definition) is 0. The highest BCUT2D eigenvalue weighted by molar-refractivity contribution is 6.30. The minimum atomic E-state index is -6.60. The van der Waals surface area contributed by atoms with Crippen LogP contribution in [0.4, 0.5) is 30.7 Å². The van der Waals surface area contributed by atoms with Crippen molar-refractivity contribution in [2.45, 2.75) is 18.0 Å². The molecule has 1 aromatic heterocycles. The summed E-state index contributed by atoms with van der Waals surface area (Å²) in [5, 5.41) is 0.214. The highest BCUT2D eigenvalue weighted by Crippen LogP contribution is 2.51. The van der Waals surface area contributed by atoms with Gasteiger partial charge >= 0.3 is 23.7 Å². The minimum Gasteiger partial charge on any atom is -0.294 e. The lowest BCUT2D eigenvalue weighted by Crippen LogP contribution is -2.53. The van der Waals surface area contributed by atoms with Gasteiger partial charge in [-0.15, -0.1) is 0 Å². The lowest BCUT2D eigenvalue weighted by Gasteiger charge is -2.29. The molecule has 0 aliphatic rings. The maximum atomic E-state index is 13.8. The van der Waals surface area contributed by atoms with Crippen molar-refractivity contribution in [3.63, 3.8) is 0 Å². The molecule has 4 nitrogen and oxygen atoms in total. The van der Waals surface area contributed by atoms with Gasteiger partial charge < -0.3 is 0 Å². The molecule has 0 bridgehead atoms. The topological polar surface area (TPSA) is 44.0 Å². The van der Waals surface area contributed by atoms with Gasteiger partial charge in [0, 0.05) is 18.1 Å². The predicted molar refractivity (Wildman–Crippen MR) is 77.2 cm³/mol. The zero-order chi connectivity index (χ0) is 20.1. The Morgan fingerprint density at radius 3 is 1.88 bits per heavy atom. The second-order valence-electron chi connectivity index (χ2n) is 5.17. The number of alkyl halides is 7. The third-order valence-electron chi connectivity index (χ3n) is 3.48. The molecular weight excluding hydrogens is 397 g/mol. The molecule has 0 amide bonds. The van der Waals surface area contributed by atoms with E-state index in [1.54, 1.807) is 0 Å². The molecule has 0 aliphatic heterocycles. The Hall–Kier alpha value is -2.30. The number of hydrogen-bond acceptors (Lipinski definition) is 2. The summed E-state index contributed by atoms with van der Waals surface area (Å²) >= 11 is 5.63. The highest BCUT2D eigenvalue weighted by Gasteiger charge is 2.74. The quantitative estimate of drug-likeness (QED) is 0.735. The molecule has 12 heteroatoms. The molecule has 0 spiro atoms.